The van der Waals surface area contributed by atoms with Crippen LogP contribution in [0.25, 0.3) is 0 Å². The van der Waals surface area contributed by atoms with Crippen LogP contribution >= 0.6 is 0 Å². The Labute approximate surface area is 93.7 Å². The first-order valence-electron chi connectivity index (χ1n) is 5.72. The Morgan fingerprint density at radius 1 is 1.53 bits per heavy atom. The monoisotopic (exact) mass is 212 g/mol. The average molecular weight is 212 g/mol. The van der Waals surface area contributed by atoms with Crippen molar-refractivity contribution in [3.05, 3.63) is 12.7 Å². The van der Waals surface area contributed by atoms with E-state index >= 15 is 0 Å². The van der Waals surface area contributed by atoms with Crippen LogP contribution in [0.4, 0.5) is 0 Å². The molecule has 0 aromatic carbocycles. The smallest absolute Gasteiger partial charge is 0.306 e. The van der Waals surface area contributed by atoms with Crippen LogP contribution in [-0.4, -0.2) is 12.6 Å². The molecule has 2 heteroatoms. The first-order chi connectivity index (χ1) is 6.93. The quantitative estimate of drug-likeness (QED) is 0.476. The number of carbonyl (C=O) groups is 1. The van der Waals surface area contributed by atoms with Gasteiger partial charge in [0, 0.05) is 0 Å². The van der Waals surface area contributed by atoms with Gasteiger partial charge in [-0.1, -0.05) is 33.3 Å². The van der Waals surface area contributed by atoms with Crippen LogP contribution in [0.15, 0.2) is 12.7 Å². The molecule has 0 bridgehead atoms. The minimum Gasteiger partial charge on any atom is -0.466 e. The van der Waals surface area contributed by atoms with Gasteiger partial charge >= 0.3 is 5.97 Å². The molecule has 0 aliphatic heterocycles. The molecule has 0 fully saturated rings. The highest BCUT2D eigenvalue weighted by atomic mass is 16.5. The lowest BCUT2D eigenvalue weighted by Gasteiger charge is -2.25. The van der Waals surface area contributed by atoms with E-state index in [4.69, 9.17) is 4.74 Å². The number of hydrogen-bond acceptors (Lipinski definition) is 2. The van der Waals surface area contributed by atoms with Crippen molar-refractivity contribution in [1.29, 1.82) is 0 Å². The first-order valence-corrected chi connectivity index (χ1v) is 5.72. The summed E-state index contributed by atoms with van der Waals surface area (Å²) in [7, 11) is 0. The van der Waals surface area contributed by atoms with Crippen LogP contribution in [-0.2, 0) is 9.53 Å². The molecule has 1 unspecified atom stereocenters. The van der Waals surface area contributed by atoms with Gasteiger partial charge in [0.25, 0.3) is 0 Å². The molecule has 15 heavy (non-hydrogen) atoms. The third-order valence-electron chi connectivity index (χ3n) is 2.64. The van der Waals surface area contributed by atoms with Gasteiger partial charge in [0.15, 0.2) is 0 Å². The summed E-state index contributed by atoms with van der Waals surface area (Å²) in [4.78, 5) is 11.4. The third-order valence-corrected chi connectivity index (χ3v) is 2.64. The van der Waals surface area contributed by atoms with E-state index in [1.807, 2.05) is 13.0 Å². The number of rotatable bonds is 7. The zero-order valence-corrected chi connectivity index (χ0v) is 10.5. The Kier molecular flexibility index (Phi) is 6.30. The highest BCUT2D eigenvalue weighted by Crippen LogP contribution is 2.30. The number of ether oxygens (including phenoxy) is 1. The van der Waals surface area contributed by atoms with Crippen LogP contribution in [0.3, 0.4) is 0 Å². The van der Waals surface area contributed by atoms with Crippen LogP contribution in [0.1, 0.15) is 47.0 Å². The molecule has 2 nitrogen and oxygen atoms in total. The Morgan fingerprint density at radius 2 is 2.13 bits per heavy atom. The fourth-order valence-electron chi connectivity index (χ4n) is 1.42. The van der Waals surface area contributed by atoms with E-state index in [9.17, 15) is 4.79 Å². The van der Waals surface area contributed by atoms with E-state index in [0.29, 0.717) is 18.9 Å². The highest BCUT2D eigenvalue weighted by Gasteiger charge is 2.24. The molecule has 0 rings (SSSR count). The lowest BCUT2D eigenvalue weighted by Crippen LogP contribution is -2.20. The summed E-state index contributed by atoms with van der Waals surface area (Å²) in [5.74, 6) is 0.537. The fraction of sp³-hybridized carbons (Fsp3) is 0.769. The van der Waals surface area contributed by atoms with E-state index in [1.54, 1.807) is 0 Å². The largest absolute Gasteiger partial charge is 0.466 e. The molecule has 0 saturated heterocycles. The molecule has 0 radical (unpaired) electrons. The highest BCUT2D eigenvalue weighted by molar-refractivity contribution is 5.70. The van der Waals surface area contributed by atoms with E-state index < -0.39 is 0 Å². The Morgan fingerprint density at radius 3 is 2.53 bits per heavy atom. The fourth-order valence-corrected chi connectivity index (χ4v) is 1.42. The normalized spacial score (nSPS) is 14.7. The number of allylic oxidation sites excluding steroid dienone is 1. The molecule has 0 amide bonds. The van der Waals surface area contributed by atoms with E-state index in [0.717, 1.165) is 12.8 Å². The maximum Gasteiger partial charge on any atom is 0.306 e. The summed E-state index contributed by atoms with van der Waals surface area (Å²) in [6.07, 6.45) is 4.43. The standard InChI is InChI=1S/C13H24O2/c1-6-13(5,9-8-11(3)4)10-12(14)15-7-2/h6,11H,1,7-10H2,2-5H3. The molecule has 0 heterocycles. The van der Waals surface area contributed by atoms with Crippen molar-refractivity contribution < 1.29 is 9.53 Å². The van der Waals surface area contributed by atoms with Crippen LogP contribution in [0, 0.1) is 11.3 Å². The maximum atomic E-state index is 11.4. The third kappa shape index (κ3) is 6.32. The zero-order valence-electron chi connectivity index (χ0n) is 10.5. The van der Waals surface area contributed by atoms with Crippen molar-refractivity contribution in [2.45, 2.75) is 47.0 Å². The molecule has 0 spiro atoms. The van der Waals surface area contributed by atoms with Crippen molar-refractivity contribution in [2.24, 2.45) is 11.3 Å². The molecular formula is C13H24O2. The Hall–Kier alpha value is -0.790. The van der Waals surface area contributed by atoms with Crippen molar-refractivity contribution in [3.8, 4) is 0 Å². The van der Waals surface area contributed by atoms with Crippen LogP contribution in [0.5, 0.6) is 0 Å². The summed E-state index contributed by atoms with van der Waals surface area (Å²) >= 11 is 0. The summed E-state index contributed by atoms with van der Waals surface area (Å²) in [6, 6.07) is 0. The van der Waals surface area contributed by atoms with Gasteiger partial charge in [0.1, 0.15) is 0 Å². The van der Waals surface area contributed by atoms with Gasteiger partial charge in [0.05, 0.1) is 13.0 Å². The number of esters is 1. The zero-order chi connectivity index (χ0) is 11.9. The Bertz CT molecular complexity index is 209. The molecule has 0 N–H and O–H groups in total. The number of carbonyl (C=O) groups excluding carboxylic acids is 1. The summed E-state index contributed by atoms with van der Waals surface area (Å²) in [5, 5.41) is 0. The van der Waals surface area contributed by atoms with Crippen LogP contribution < -0.4 is 0 Å². The maximum absolute atomic E-state index is 11.4. The van der Waals surface area contributed by atoms with E-state index in [2.05, 4.69) is 27.4 Å². The van der Waals surface area contributed by atoms with Gasteiger partial charge in [-0.15, -0.1) is 6.58 Å². The average Bonchev–Trinajstić information content (AvgIpc) is 2.15. The van der Waals surface area contributed by atoms with Crippen molar-refractivity contribution in [3.63, 3.8) is 0 Å². The summed E-state index contributed by atoms with van der Waals surface area (Å²) < 4.78 is 4.96. The summed E-state index contributed by atoms with van der Waals surface area (Å²) in [6.45, 7) is 12.5. The van der Waals surface area contributed by atoms with Gasteiger partial charge < -0.3 is 4.74 Å². The minimum atomic E-state index is -0.122. The SMILES string of the molecule is C=CC(C)(CCC(C)C)CC(=O)OCC. The molecule has 88 valence electrons. The van der Waals surface area contributed by atoms with Gasteiger partial charge in [0.2, 0.25) is 0 Å². The second-order valence-electron chi connectivity index (χ2n) is 4.77. The van der Waals surface area contributed by atoms with Crippen molar-refractivity contribution >= 4 is 5.97 Å². The van der Waals surface area contributed by atoms with Gasteiger partial charge in [-0.3, -0.25) is 4.79 Å². The predicted molar refractivity (Wildman–Crippen MR) is 63.6 cm³/mol. The van der Waals surface area contributed by atoms with E-state index in [-0.39, 0.29) is 11.4 Å². The molecule has 0 saturated carbocycles. The van der Waals surface area contributed by atoms with Gasteiger partial charge in [-0.25, -0.2) is 0 Å². The first kappa shape index (κ1) is 14.2. The van der Waals surface area contributed by atoms with E-state index in [1.165, 1.54) is 0 Å². The molecule has 0 aliphatic rings. The van der Waals surface area contributed by atoms with Gasteiger partial charge in [-0.05, 0) is 24.7 Å². The summed E-state index contributed by atoms with van der Waals surface area (Å²) in [5.41, 5.74) is -0.115. The molecule has 0 aromatic rings. The molecular weight excluding hydrogens is 188 g/mol. The van der Waals surface area contributed by atoms with Gasteiger partial charge in [-0.2, -0.15) is 0 Å². The second kappa shape index (κ2) is 6.65. The van der Waals surface area contributed by atoms with Crippen molar-refractivity contribution in [1.82, 2.24) is 0 Å². The topological polar surface area (TPSA) is 26.3 Å². The number of hydrogen-bond donors (Lipinski definition) is 0. The molecule has 0 aliphatic carbocycles. The van der Waals surface area contributed by atoms with Crippen LogP contribution in [0.2, 0.25) is 0 Å². The lowest BCUT2D eigenvalue weighted by molar-refractivity contribution is -0.145. The van der Waals surface area contributed by atoms with Crippen molar-refractivity contribution in [2.75, 3.05) is 6.61 Å². The molecule has 0 aromatic heterocycles. The minimum absolute atomic E-state index is 0.115. The predicted octanol–water partition coefficient (Wildman–Crippen LogP) is 3.57. The molecule has 1 atom stereocenters. The second-order valence-corrected chi connectivity index (χ2v) is 4.77. The Balaban J connectivity index is 4.17. The lowest BCUT2D eigenvalue weighted by atomic mass is 9.80.